The van der Waals surface area contributed by atoms with Crippen LogP contribution in [0.15, 0.2) is 36.5 Å². The summed E-state index contributed by atoms with van der Waals surface area (Å²) in [7, 11) is 0. The Morgan fingerprint density at radius 3 is 2.45 bits per heavy atom. The number of halogens is 1. The molecule has 2 aromatic rings. The molecule has 0 saturated carbocycles. The summed E-state index contributed by atoms with van der Waals surface area (Å²) in [6, 6.07) is 9.81. The maximum absolute atomic E-state index is 10.0. The van der Waals surface area contributed by atoms with Crippen molar-refractivity contribution in [3.63, 3.8) is 0 Å². The van der Waals surface area contributed by atoms with Gasteiger partial charge in [-0.2, -0.15) is 4.57 Å². The largest absolute Gasteiger partial charge is 1.00 e. The van der Waals surface area contributed by atoms with Gasteiger partial charge in [0.2, 0.25) is 0 Å². The Kier molecular flexibility index (Phi) is 7.60. The Balaban J connectivity index is 0.00000200. The van der Waals surface area contributed by atoms with Gasteiger partial charge >= 0.3 is 0 Å². The SMILES string of the molecule is CCCCCCCC[n+]1cccc2cccc(O)c21.[Br-]. The fourth-order valence-electron chi connectivity index (χ4n) is 2.57. The van der Waals surface area contributed by atoms with Crippen LogP contribution in [0.1, 0.15) is 45.4 Å². The van der Waals surface area contributed by atoms with Gasteiger partial charge in [-0.15, -0.1) is 0 Å². The van der Waals surface area contributed by atoms with Gasteiger partial charge in [0, 0.05) is 12.5 Å². The summed E-state index contributed by atoms with van der Waals surface area (Å²) in [5.74, 6) is 0.379. The maximum Gasteiger partial charge on any atom is 0.254 e. The van der Waals surface area contributed by atoms with E-state index in [9.17, 15) is 5.11 Å². The van der Waals surface area contributed by atoms with E-state index in [2.05, 4.69) is 23.8 Å². The number of hydrogen-bond acceptors (Lipinski definition) is 1. The molecule has 1 heterocycles. The molecule has 0 aliphatic carbocycles. The van der Waals surface area contributed by atoms with Gasteiger partial charge in [0.25, 0.3) is 5.52 Å². The van der Waals surface area contributed by atoms with Crippen molar-refractivity contribution in [3.05, 3.63) is 36.5 Å². The fourth-order valence-corrected chi connectivity index (χ4v) is 2.57. The van der Waals surface area contributed by atoms with E-state index < -0.39 is 0 Å². The van der Waals surface area contributed by atoms with E-state index in [0.29, 0.717) is 5.75 Å². The molecule has 0 fully saturated rings. The summed E-state index contributed by atoms with van der Waals surface area (Å²) < 4.78 is 2.17. The van der Waals surface area contributed by atoms with Gasteiger partial charge in [-0.05, 0) is 24.6 Å². The third-order valence-corrected chi connectivity index (χ3v) is 3.63. The number of aromatic nitrogens is 1. The highest BCUT2D eigenvalue weighted by Gasteiger charge is 2.11. The first kappa shape index (κ1) is 17.0. The monoisotopic (exact) mass is 337 g/mol. The summed E-state index contributed by atoms with van der Waals surface area (Å²) >= 11 is 0. The van der Waals surface area contributed by atoms with Crippen LogP contribution in [0.4, 0.5) is 0 Å². The minimum absolute atomic E-state index is 0. The van der Waals surface area contributed by atoms with Crippen molar-refractivity contribution in [1.29, 1.82) is 0 Å². The molecule has 0 unspecified atom stereocenters. The molecule has 1 N–H and O–H groups in total. The molecular weight excluding hydrogens is 314 g/mol. The zero-order valence-electron chi connectivity index (χ0n) is 12.2. The lowest BCUT2D eigenvalue weighted by Gasteiger charge is -2.03. The topological polar surface area (TPSA) is 24.1 Å². The number of aromatic hydroxyl groups is 1. The molecule has 0 saturated heterocycles. The van der Waals surface area contributed by atoms with Gasteiger partial charge < -0.3 is 22.1 Å². The number of hydrogen-bond donors (Lipinski definition) is 1. The lowest BCUT2D eigenvalue weighted by atomic mass is 10.1. The van der Waals surface area contributed by atoms with Crippen LogP contribution in [0.25, 0.3) is 10.9 Å². The Morgan fingerprint density at radius 2 is 1.65 bits per heavy atom. The molecular formula is C17H24BrNO. The quantitative estimate of drug-likeness (QED) is 0.595. The van der Waals surface area contributed by atoms with Crippen molar-refractivity contribution < 1.29 is 26.7 Å². The number of phenols is 1. The van der Waals surface area contributed by atoms with Crippen molar-refractivity contribution in [1.82, 2.24) is 0 Å². The Bertz CT molecular complexity index is 522. The molecule has 0 amide bonds. The molecule has 20 heavy (non-hydrogen) atoms. The molecule has 0 aliphatic rings. The zero-order valence-corrected chi connectivity index (χ0v) is 13.8. The number of benzene rings is 1. The van der Waals surface area contributed by atoms with Gasteiger partial charge in [0.1, 0.15) is 6.54 Å². The number of pyridine rings is 1. The van der Waals surface area contributed by atoms with Crippen LogP contribution in [0.5, 0.6) is 5.75 Å². The van der Waals surface area contributed by atoms with E-state index in [-0.39, 0.29) is 17.0 Å². The summed E-state index contributed by atoms with van der Waals surface area (Å²) in [4.78, 5) is 0. The average Bonchev–Trinajstić information content (AvgIpc) is 2.43. The van der Waals surface area contributed by atoms with Gasteiger partial charge in [0.05, 0.1) is 5.39 Å². The van der Waals surface area contributed by atoms with Crippen LogP contribution in [-0.4, -0.2) is 5.11 Å². The molecule has 2 rings (SSSR count). The number of nitrogens with zero attached hydrogens (tertiary/aromatic N) is 1. The van der Waals surface area contributed by atoms with Crippen LogP contribution in [0.2, 0.25) is 0 Å². The van der Waals surface area contributed by atoms with Gasteiger partial charge in [-0.1, -0.05) is 38.7 Å². The van der Waals surface area contributed by atoms with Crippen molar-refractivity contribution in [2.45, 2.75) is 52.0 Å². The Hall–Kier alpha value is -1.09. The van der Waals surface area contributed by atoms with Crippen molar-refractivity contribution in [2.24, 2.45) is 0 Å². The summed E-state index contributed by atoms with van der Waals surface area (Å²) in [6.07, 6.45) is 9.84. The minimum Gasteiger partial charge on any atom is -1.00 e. The van der Waals surface area contributed by atoms with Gasteiger partial charge in [-0.25, -0.2) is 0 Å². The maximum atomic E-state index is 10.0. The number of para-hydroxylation sites is 1. The summed E-state index contributed by atoms with van der Waals surface area (Å²) in [5, 5.41) is 11.1. The zero-order chi connectivity index (χ0) is 13.5. The van der Waals surface area contributed by atoms with E-state index in [0.717, 1.165) is 17.4 Å². The second-order valence-corrected chi connectivity index (χ2v) is 5.18. The molecule has 0 bridgehead atoms. The highest BCUT2D eigenvalue weighted by Crippen LogP contribution is 2.20. The Morgan fingerprint density at radius 1 is 0.950 bits per heavy atom. The van der Waals surface area contributed by atoms with Crippen LogP contribution < -0.4 is 21.5 Å². The molecule has 0 spiro atoms. The van der Waals surface area contributed by atoms with E-state index >= 15 is 0 Å². The smallest absolute Gasteiger partial charge is 0.254 e. The van der Waals surface area contributed by atoms with E-state index in [1.165, 1.54) is 38.5 Å². The number of rotatable bonds is 7. The number of unbranched alkanes of at least 4 members (excludes halogenated alkanes) is 5. The number of aryl methyl sites for hydroxylation is 1. The highest BCUT2D eigenvalue weighted by atomic mass is 79.9. The first-order valence-corrected chi connectivity index (χ1v) is 7.43. The molecule has 110 valence electrons. The highest BCUT2D eigenvalue weighted by molar-refractivity contribution is 5.80. The number of fused-ring (bicyclic) bond motifs is 1. The predicted molar refractivity (Wildman–Crippen MR) is 79.2 cm³/mol. The number of phenolic OH excluding ortho intramolecular Hbond substituents is 1. The molecule has 0 aliphatic heterocycles. The van der Waals surface area contributed by atoms with Crippen molar-refractivity contribution in [3.8, 4) is 5.75 Å². The predicted octanol–water partition coefficient (Wildman–Crippen LogP) is 1.20. The standard InChI is InChI=1S/C17H23NO.BrH/c1-2-3-4-5-6-7-13-18-14-9-11-15-10-8-12-16(19)17(15)18;/h8-12,14H,2-7,13H2,1H3;1H. The first-order chi connectivity index (χ1) is 9.33. The molecule has 3 heteroatoms. The lowest BCUT2D eigenvalue weighted by molar-refractivity contribution is -0.672. The Labute approximate surface area is 132 Å². The molecule has 2 nitrogen and oxygen atoms in total. The van der Waals surface area contributed by atoms with Crippen molar-refractivity contribution in [2.75, 3.05) is 0 Å². The van der Waals surface area contributed by atoms with Crippen LogP contribution in [0.3, 0.4) is 0 Å². The van der Waals surface area contributed by atoms with Crippen LogP contribution in [0, 0.1) is 0 Å². The molecule has 1 aromatic heterocycles. The van der Waals surface area contributed by atoms with E-state index in [4.69, 9.17) is 0 Å². The molecule has 1 aromatic carbocycles. The van der Waals surface area contributed by atoms with E-state index in [1.54, 1.807) is 6.07 Å². The average molecular weight is 338 g/mol. The fraction of sp³-hybridized carbons (Fsp3) is 0.471. The lowest BCUT2D eigenvalue weighted by Crippen LogP contribution is -3.00. The minimum atomic E-state index is 0. The van der Waals surface area contributed by atoms with Crippen molar-refractivity contribution >= 4 is 10.9 Å². The normalized spacial score (nSPS) is 10.4. The third-order valence-electron chi connectivity index (χ3n) is 3.63. The second-order valence-electron chi connectivity index (χ2n) is 5.18. The molecule has 0 atom stereocenters. The van der Waals surface area contributed by atoms with Gasteiger partial charge in [-0.3, -0.25) is 0 Å². The first-order valence-electron chi connectivity index (χ1n) is 7.43. The summed E-state index contributed by atoms with van der Waals surface area (Å²) in [5.41, 5.74) is 0.957. The van der Waals surface area contributed by atoms with Gasteiger partial charge in [0.15, 0.2) is 11.9 Å². The van der Waals surface area contributed by atoms with E-state index in [1.807, 2.05) is 18.2 Å². The second kappa shape index (κ2) is 8.96. The summed E-state index contributed by atoms with van der Waals surface area (Å²) in [6.45, 7) is 3.23. The van der Waals surface area contributed by atoms with Crippen LogP contribution >= 0.6 is 0 Å². The van der Waals surface area contributed by atoms with Crippen LogP contribution in [-0.2, 0) is 6.54 Å². The molecule has 0 radical (unpaired) electrons. The third kappa shape index (κ3) is 4.48.